The number of fused-ring (bicyclic) bond motifs is 2. The minimum atomic E-state index is 0.150. The lowest BCUT2D eigenvalue weighted by Crippen LogP contribution is -2.44. The van der Waals surface area contributed by atoms with Gasteiger partial charge < -0.3 is 4.74 Å². The average molecular weight is 180 g/mol. The summed E-state index contributed by atoms with van der Waals surface area (Å²) in [6, 6.07) is 2.28. The number of morpholine rings is 1. The summed E-state index contributed by atoms with van der Waals surface area (Å²) in [6.45, 7) is 4.95. The highest BCUT2D eigenvalue weighted by Crippen LogP contribution is 2.26. The molecule has 3 heteroatoms. The van der Waals surface area contributed by atoms with Crippen molar-refractivity contribution in [2.24, 2.45) is 5.92 Å². The molecule has 0 aliphatic carbocycles. The Kier molecular flexibility index (Phi) is 2.52. The van der Waals surface area contributed by atoms with Gasteiger partial charge in [0.1, 0.15) is 0 Å². The van der Waals surface area contributed by atoms with Gasteiger partial charge in [0.25, 0.3) is 0 Å². The monoisotopic (exact) mass is 180 g/mol. The maximum Gasteiger partial charge on any atom is 0.0707 e. The Morgan fingerprint density at radius 1 is 1.46 bits per heavy atom. The van der Waals surface area contributed by atoms with Crippen LogP contribution in [0.2, 0.25) is 0 Å². The van der Waals surface area contributed by atoms with Gasteiger partial charge in [-0.25, -0.2) is 0 Å². The fraction of sp³-hybridized carbons (Fsp3) is 0.900. The summed E-state index contributed by atoms with van der Waals surface area (Å²) in [7, 11) is 0. The van der Waals surface area contributed by atoms with Crippen molar-refractivity contribution in [3.05, 3.63) is 0 Å². The molecule has 0 spiro atoms. The molecule has 2 aliphatic rings. The van der Waals surface area contributed by atoms with Gasteiger partial charge in [-0.15, -0.1) is 0 Å². The molecule has 0 N–H and O–H groups in total. The third-order valence-corrected chi connectivity index (χ3v) is 2.87. The standard InChI is InChI=1S/C10H16N2O/c1-8(4-11)5-12-6-9-2-3-10(7-12)13-9/h8-10H,2-3,5-7H2,1H3. The summed E-state index contributed by atoms with van der Waals surface area (Å²) in [5.74, 6) is 0.150. The van der Waals surface area contributed by atoms with Crippen molar-refractivity contribution < 1.29 is 4.74 Å². The topological polar surface area (TPSA) is 36.3 Å². The fourth-order valence-electron chi connectivity index (χ4n) is 2.28. The Hall–Kier alpha value is -0.590. The van der Waals surface area contributed by atoms with E-state index in [1.807, 2.05) is 6.92 Å². The number of hydrogen-bond donors (Lipinski definition) is 0. The number of hydrogen-bond acceptors (Lipinski definition) is 3. The minimum Gasteiger partial charge on any atom is -0.372 e. The molecule has 2 fully saturated rings. The Balaban J connectivity index is 1.85. The molecular weight excluding hydrogens is 164 g/mol. The molecule has 0 amide bonds. The average Bonchev–Trinajstić information content (AvgIpc) is 2.46. The Labute approximate surface area is 79.3 Å². The first-order chi connectivity index (χ1) is 6.28. The van der Waals surface area contributed by atoms with E-state index in [1.54, 1.807) is 0 Å². The van der Waals surface area contributed by atoms with Crippen LogP contribution in [0.3, 0.4) is 0 Å². The van der Waals surface area contributed by atoms with Crippen LogP contribution in [-0.2, 0) is 4.74 Å². The van der Waals surface area contributed by atoms with Gasteiger partial charge in [-0.1, -0.05) is 0 Å². The first-order valence-corrected chi connectivity index (χ1v) is 5.05. The van der Waals surface area contributed by atoms with Gasteiger partial charge in [0, 0.05) is 19.6 Å². The van der Waals surface area contributed by atoms with Crippen molar-refractivity contribution in [3.8, 4) is 6.07 Å². The Morgan fingerprint density at radius 2 is 2.08 bits per heavy atom. The smallest absolute Gasteiger partial charge is 0.0707 e. The van der Waals surface area contributed by atoms with Crippen LogP contribution in [-0.4, -0.2) is 36.7 Å². The zero-order chi connectivity index (χ0) is 9.26. The highest BCUT2D eigenvalue weighted by Gasteiger charge is 2.33. The van der Waals surface area contributed by atoms with Crippen LogP contribution >= 0.6 is 0 Å². The van der Waals surface area contributed by atoms with Crippen LogP contribution in [0.1, 0.15) is 19.8 Å². The van der Waals surface area contributed by atoms with Gasteiger partial charge in [-0.05, 0) is 19.8 Å². The van der Waals surface area contributed by atoms with E-state index in [-0.39, 0.29) is 5.92 Å². The van der Waals surface area contributed by atoms with E-state index in [0.717, 1.165) is 19.6 Å². The molecule has 0 saturated carbocycles. The van der Waals surface area contributed by atoms with Crippen molar-refractivity contribution >= 4 is 0 Å². The van der Waals surface area contributed by atoms with E-state index in [9.17, 15) is 0 Å². The summed E-state index contributed by atoms with van der Waals surface area (Å²) in [6.07, 6.45) is 3.32. The third-order valence-electron chi connectivity index (χ3n) is 2.87. The predicted octanol–water partition coefficient (Wildman–Crippen LogP) is 1.01. The van der Waals surface area contributed by atoms with Crippen molar-refractivity contribution in [1.82, 2.24) is 4.90 Å². The molecule has 0 aromatic carbocycles. The lowest BCUT2D eigenvalue weighted by Gasteiger charge is -2.32. The van der Waals surface area contributed by atoms with Gasteiger partial charge in [0.2, 0.25) is 0 Å². The van der Waals surface area contributed by atoms with E-state index in [0.29, 0.717) is 12.2 Å². The highest BCUT2D eigenvalue weighted by atomic mass is 16.5. The second-order valence-electron chi connectivity index (χ2n) is 4.21. The zero-order valence-electron chi connectivity index (χ0n) is 8.07. The first-order valence-electron chi connectivity index (χ1n) is 5.05. The fourth-order valence-corrected chi connectivity index (χ4v) is 2.28. The molecule has 0 aromatic rings. The van der Waals surface area contributed by atoms with E-state index in [2.05, 4.69) is 11.0 Å². The molecule has 3 nitrogen and oxygen atoms in total. The maximum absolute atomic E-state index is 8.70. The van der Waals surface area contributed by atoms with Crippen molar-refractivity contribution in [2.45, 2.75) is 32.0 Å². The Morgan fingerprint density at radius 3 is 2.62 bits per heavy atom. The highest BCUT2D eigenvalue weighted by molar-refractivity contribution is 4.88. The predicted molar refractivity (Wildman–Crippen MR) is 49.1 cm³/mol. The summed E-state index contributed by atoms with van der Waals surface area (Å²) < 4.78 is 5.72. The quantitative estimate of drug-likeness (QED) is 0.636. The normalized spacial score (nSPS) is 35.7. The van der Waals surface area contributed by atoms with E-state index in [4.69, 9.17) is 10.00 Å². The molecule has 2 saturated heterocycles. The zero-order valence-corrected chi connectivity index (χ0v) is 8.07. The molecule has 3 atom stereocenters. The molecule has 2 bridgehead atoms. The second-order valence-corrected chi connectivity index (χ2v) is 4.21. The first kappa shape index (κ1) is 8.98. The third kappa shape index (κ3) is 2.01. The summed E-state index contributed by atoms with van der Waals surface area (Å²) >= 11 is 0. The molecule has 72 valence electrons. The number of nitriles is 1. The SMILES string of the molecule is CC(C#N)CN1CC2CCC(C1)O2. The van der Waals surface area contributed by atoms with Crippen LogP contribution in [0.5, 0.6) is 0 Å². The van der Waals surface area contributed by atoms with Crippen LogP contribution < -0.4 is 0 Å². The molecule has 3 unspecified atom stereocenters. The number of likely N-dealkylation sites (tertiary alicyclic amines) is 1. The van der Waals surface area contributed by atoms with E-state index < -0.39 is 0 Å². The minimum absolute atomic E-state index is 0.150. The van der Waals surface area contributed by atoms with Crippen LogP contribution in [0.15, 0.2) is 0 Å². The van der Waals surface area contributed by atoms with Crippen molar-refractivity contribution in [3.63, 3.8) is 0 Å². The van der Waals surface area contributed by atoms with Crippen LogP contribution in [0.4, 0.5) is 0 Å². The second kappa shape index (κ2) is 3.65. The molecular formula is C10H16N2O. The van der Waals surface area contributed by atoms with Crippen molar-refractivity contribution in [2.75, 3.05) is 19.6 Å². The molecule has 0 radical (unpaired) electrons. The van der Waals surface area contributed by atoms with E-state index >= 15 is 0 Å². The summed E-state index contributed by atoms with van der Waals surface area (Å²) in [5.41, 5.74) is 0. The van der Waals surface area contributed by atoms with Crippen LogP contribution in [0.25, 0.3) is 0 Å². The lowest BCUT2D eigenvalue weighted by molar-refractivity contribution is -0.0401. The lowest BCUT2D eigenvalue weighted by atomic mass is 10.2. The molecule has 0 aromatic heterocycles. The summed E-state index contributed by atoms with van der Waals surface area (Å²) in [4.78, 5) is 2.37. The molecule has 2 aliphatic heterocycles. The molecule has 2 heterocycles. The van der Waals surface area contributed by atoms with Gasteiger partial charge in [-0.2, -0.15) is 5.26 Å². The maximum atomic E-state index is 8.70. The van der Waals surface area contributed by atoms with Crippen LogP contribution in [0, 0.1) is 17.2 Å². The van der Waals surface area contributed by atoms with Crippen molar-refractivity contribution in [1.29, 1.82) is 5.26 Å². The summed E-state index contributed by atoms with van der Waals surface area (Å²) in [5, 5.41) is 8.70. The van der Waals surface area contributed by atoms with E-state index in [1.165, 1.54) is 12.8 Å². The van der Waals surface area contributed by atoms with Gasteiger partial charge >= 0.3 is 0 Å². The number of nitrogens with zero attached hydrogens (tertiary/aromatic N) is 2. The Bertz CT molecular complexity index is 211. The largest absolute Gasteiger partial charge is 0.372 e. The number of rotatable bonds is 2. The van der Waals surface area contributed by atoms with Gasteiger partial charge in [-0.3, -0.25) is 4.90 Å². The molecule has 2 rings (SSSR count). The van der Waals surface area contributed by atoms with Gasteiger partial charge in [0.15, 0.2) is 0 Å². The number of ether oxygens (including phenoxy) is 1. The molecule has 13 heavy (non-hydrogen) atoms. The van der Waals surface area contributed by atoms with Gasteiger partial charge in [0.05, 0.1) is 24.2 Å².